The van der Waals surface area contributed by atoms with Gasteiger partial charge in [-0.2, -0.15) is 0 Å². The zero-order valence-corrected chi connectivity index (χ0v) is 16.4. The molecule has 0 aromatic heterocycles. The molecule has 25 heavy (non-hydrogen) atoms. The molecule has 0 N–H and O–H groups in total. The summed E-state index contributed by atoms with van der Waals surface area (Å²) in [5.74, 6) is -1.14. The fraction of sp³-hybridized carbons (Fsp3) is 0.800. The lowest BCUT2D eigenvalue weighted by Crippen LogP contribution is -2.32. The number of ether oxygens (including phenoxy) is 1. The van der Waals surface area contributed by atoms with Crippen LogP contribution in [0.5, 0.6) is 0 Å². The monoisotopic (exact) mass is 379 g/mol. The minimum atomic E-state index is -1.65. The highest BCUT2D eigenvalue weighted by atomic mass is 31.2. The summed E-state index contributed by atoms with van der Waals surface area (Å²) in [6.45, 7) is 11.1. The van der Waals surface area contributed by atoms with Crippen molar-refractivity contribution in [1.82, 2.24) is 5.06 Å². The maximum absolute atomic E-state index is 11.5. The van der Waals surface area contributed by atoms with Gasteiger partial charge >= 0.3 is 14.8 Å². The van der Waals surface area contributed by atoms with E-state index in [4.69, 9.17) is 18.3 Å². The molecule has 1 rings (SSSR count). The van der Waals surface area contributed by atoms with Crippen LogP contribution in [0.1, 0.15) is 54.4 Å². The van der Waals surface area contributed by atoms with Crippen molar-refractivity contribution in [3.63, 3.8) is 0 Å². The Morgan fingerprint density at radius 3 is 1.88 bits per heavy atom. The molecular formula is C15H26NO8P. The smallest absolute Gasteiger partial charge is 0.430 e. The van der Waals surface area contributed by atoms with Crippen LogP contribution in [0.4, 0.5) is 4.79 Å². The van der Waals surface area contributed by atoms with Gasteiger partial charge in [-0.3, -0.25) is 14.4 Å². The van der Waals surface area contributed by atoms with E-state index in [1.807, 2.05) is 41.5 Å². The molecule has 10 heteroatoms. The molecule has 1 aliphatic heterocycles. The summed E-state index contributed by atoms with van der Waals surface area (Å²) in [6, 6.07) is 0. The number of rotatable bonds is 7. The molecule has 1 fully saturated rings. The Bertz CT molecular complexity index is 465. The number of imide groups is 1. The fourth-order valence-electron chi connectivity index (χ4n) is 1.51. The summed E-state index contributed by atoms with van der Waals surface area (Å²) < 4.78 is 21.7. The van der Waals surface area contributed by atoms with Crippen LogP contribution < -0.4 is 0 Å². The van der Waals surface area contributed by atoms with E-state index in [1.54, 1.807) is 0 Å². The van der Waals surface area contributed by atoms with Crippen molar-refractivity contribution in [2.45, 2.75) is 65.6 Å². The van der Waals surface area contributed by atoms with Crippen molar-refractivity contribution in [2.75, 3.05) is 13.2 Å². The van der Waals surface area contributed by atoms with Gasteiger partial charge in [-0.15, -0.1) is 0 Å². The van der Waals surface area contributed by atoms with Crippen LogP contribution >= 0.6 is 8.60 Å². The van der Waals surface area contributed by atoms with Crippen LogP contribution in [0.3, 0.4) is 0 Å². The Morgan fingerprint density at radius 2 is 1.44 bits per heavy atom. The number of hydrogen-bond donors (Lipinski definition) is 0. The van der Waals surface area contributed by atoms with Crippen LogP contribution in [0, 0.1) is 0 Å². The Balaban J connectivity index is 2.36. The minimum absolute atomic E-state index is 0.00879. The van der Waals surface area contributed by atoms with E-state index >= 15 is 0 Å². The number of carbonyl (C=O) groups is 3. The molecule has 1 aliphatic rings. The lowest BCUT2D eigenvalue weighted by atomic mass is 10.2. The van der Waals surface area contributed by atoms with Crippen LogP contribution in [0.25, 0.3) is 0 Å². The highest BCUT2D eigenvalue weighted by Gasteiger charge is 2.33. The summed E-state index contributed by atoms with van der Waals surface area (Å²) in [5.41, 5.74) is -0.930. The lowest BCUT2D eigenvalue weighted by Gasteiger charge is -2.30. The molecule has 0 aromatic rings. The van der Waals surface area contributed by atoms with Crippen LogP contribution in [0.2, 0.25) is 0 Å². The normalized spacial score (nSPS) is 15.9. The highest BCUT2D eigenvalue weighted by molar-refractivity contribution is 7.41. The lowest BCUT2D eigenvalue weighted by molar-refractivity contribution is -0.177. The zero-order valence-electron chi connectivity index (χ0n) is 15.5. The predicted molar refractivity (Wildman–Crippen MR) is 88.1 cm³/mol. The standard InChI is InChI=1S/C15H26NO8P/c1-14(2,3)23-25(24-15(4,5)6)21-10-9-20-13(19)22-16-11(17)7-8-12(16)18/h7-10H2,1-6H3. The second-order valence-electron chi connectivity index (χ2n) is 7.24. The molecule has 1 saturated heterocycles. The first-order valence-electron chi connectivity index (χ1n) is 7.89. The van der Waals surface area contributed by atoms with E-state index in [1.165, 1.54) is 0 Å². The van der Waals surface area contributed by atoms with Gasteiger partial charge < -0.3 is 18.3 Å². The molecule has 0 bridgehead atoms. The van der Waals surface area contributed by atoms with E-state index < -0.39 is 37.8 Å². The molecule has 0 unspecified atom stereocenters. The largest absolute Gasteiger partial charge is 0.534 e. The molecule has 0 radical (unpaired) electrons. The molecule has 0 saturated carbocycles. The van der Waals surface area contributed by atoms with Crippen LogP contribution in [0.15, 0.2) is 0 Å². The molecule has 0 spiro atoms. The molecular weight excluding hydrogens is 353 g/mol. The SMILES string of the molecule is CC(C)(C)OP(OCCOC(=O)ON1C(=O)CCC1=O)OC(C)(C)C. The molecule has 2 amide bonds. The summed E-state index contributed by atoms with van der Waals surface area (Å²) in [4.78, 5) is 38.7. The van der Waals surface area contributed by atoms with Crippen molar-refractivity contribution in [2.24, 2.45) is 0 Å². The molecule has 1 heterocycles. The van der Waals surface area contributed by atoms with Gasteiger partial charge in [-0.25, -0.2) is 4.79 Å². The number of hydrogen-bond acceptors (Lipinski definition) is 8. The Labute approximate surface area is 148 Å². The number of carbonyl (C=O) groups excluding carboxylic acids is 3. The first-order chi connectivity index (χ1) is 11.4. The van der Waals surface area contributed by atoms with E-state index in [9.17, 15) is 14.4 Å². The third-order valence-electron chi connectivity index (χ3n) is 2.37. The highest BCUT2D eigenvalue weighted by Crippen LogP contribution is 2.47. The first kappa shape index (κ1) is 21.8. The third-order valence-corrected chi connectivity index (χ3v) is 4.16. The van der Waals surface area contributed by atoms with Gasteiger partial charge in [0, 0.05) is 12.8 Å². The predicted octanol–water partition coefficient (Wildman–Crippen LogP) is 3.08. The second-order valence-corrected chi connectivity index (χ2v) is 8.31. The topological polar surface area (TPSA) is 101 Å². The van der Waals surface area contributed by atoms with E-state index in [0.29, 0.717) is 5.06 Å². The maximum Gasteiger partial charge on any atom is 0.534 e. The average Bonchev–Trinajstić information content (AvgIpc) is 2.72. The molecule has 0 aliphatic carbocycles. The van der Waals surface area contributed by atoms with E-state index in [0.717, 1.165) is 0 Å². The Morgan fingerprint density at radius 1 is 0.960 bits per heavy atom. The first-order valence-corrected chi connectivity index (χ1v) is 8.99. The fourth-order valence-corrected chi connectivity index (χ4v) is 2.77. The van der Waals surface area contributed by atoms with Gasteiger partial charge in [0.25, 0.3) is 11.8 Å². The van der Waals surface area contributed by atoms with Crippen LogP contribution in [-0.4, -0.2) is 47.4 Å². The maximum atomic E-state index is 11.5. The average molecular weight is 379 g/mol. The number of hydroxylamine groups is 2. The number of nitrogens with zero attached hydrogens (tertiary/aromatic N) is 1. The van der Waals surface area contributed by atoms with E-state index in [2.05, 4.69) is 4.84 Å². The minimum Gasteiger partial charge on any atom is -0.430 e. The summed E-state index contributed by atoms with van der Waals surface area (Å²) in [6.07, 6.45) is -1.10. The zero-order chi connectivity index (χ0) is 19.3. The van der Waals surface area contributed by atoms with Crippen molar-refractivity contribution >= 4 is 26.6 Å². The third kappa shape index (κ3) is 9.11. The van der Waals surface area contributed by atoms with Gasteiger partial charge in [0.05, 0.1) is 17.8 Å². The van der Waals surface area contributed by atoms with Gasteiger partial charge in [0.2, 0.25) is 0 Å². The van der Waals surface area contributed by atoms with Crippen molar-refractivity contribution in [3.8, 4) is 0 Å². The summed E-state index contributed by atoms with van der Waals surface area (Å²) in [5, 5.41) is 0.418. The van der Waals surface area contributed by atoms with Crippen molar-refractivity contribution in [3.05, 3.63) is 0 Å². The Hall–Kier alpha value is -1.28. The van der Waals surface area contributed by atoms with Gasteiger partial charge in [-0.1, -0.05) is 5.06 Å². The van der Waals surface area contributed by atoms with Crippen molar-refractivity contribution < 1.29 is 37.5 Å². The molecule has 0 atom stereocenters. The van der Waals surface area contributed by atoms with Crippen LogP contribution in [-0.2, 0) is 32.7 Å². The second kappa shape index (κ2) is 8.89. The quantitative estimate of drug-likeness (QED) is 0.288. The summed E-state index contributed by atoms with van der Waals surface area (Å²) in [7, 11) is -1.65. The van der Waals surface area contributed by atoms with Gasteiger partial charge in [-0.05, 0) is 41.5 Å². The van der Waals surface area contributed by atoms with Crippen molar-refractivity contribution in [1.29, 1.82) is 0 Å². The van der Waals surface area contributed by atoms with E-state index in [-0.39, 0.29) is 26.1 Å². The molecule has 144 valence electrons. The molecule has 9 nitrogen and oxygen atoms in total. The summed E-state index contributed by atoms with van der Waals surface area (Å²) >= 11 is 0. The molecule has 0 aromatic carbocycles. The van der Waals surface area contributed by atoms with Gasteiger partial charge in [0.15, 0.2) is 0 Å². The Kier molecular flexibility index (Phi) is 7.74. The van der Waals surface area contributed by atoms with Gasteiger partial charge in [0.1, 0.15) is 6.61 Å². The number of amides is 2.